The van der Waals surface area contributed by atoms with E-state index in [9.17, 15) is 4.21 Å². The van der Waals surface area contributed by atoms with Crippen molar-refractivity contribution in [3.05, 3.63) is 0 Å². The van der Waals surface area contributed by atoms with Crippen LogP contribution in [0.25, 0.3) is 0 Å². The molecule has 0 N–H and O–H groups in total. The number of hydrogen-bond acceptors (Lipinski definition) is 4. The third-order valence-electron chi connectivity index (χ3n) is 2.01. The molecule has 0 fully saturated rings. The van der Waals surface area contributed by atoms with Gasteiger partial charge in [-0.05, 0) is 20.3 Å². The van der Waals surface area contributed by atoms with Gasteiger partial charge in [0.1, 0.15) is 0 Å². The van der Waals surface area contributed by atoms with E-state index in [1.54, 1.807) is 7.11 Å². The van der Waals surface area contributed by atoms with Crippen LogP contribution in [0.2, 0.25) is 0 Å². The topological polar surface area (TPSA) is 44.8 Å². The molecule has 16 heavy (non-hydrogen) atoms. The lowest BCUT2D eigenvalue weighted by atomic mass is 10.5. The van der Waals surface area contributed by atoms with Gasteiger partial charge in [-0.25, -0.2) is 0 Å². The predicted molar refractivity (Wildman–Crippen MR) is 66.0 cm³/mol. The predicted octanol–water partition coefficient (Wildman–Crippen LogP) is 1.56. The van der Waals surface area contributed by atoms with Crippen molar-refractivity contribution >= 4 is 10.8 Å². The molecular weight excluding hydrogens is 228 g/mol. The van der Waals surface area contributed by atoms with E-state index >= 15 is 0 Å². The lowest BCUT2D eigenvalue weighted by Crippen LogP contribution is -2.20. The Kier molecular flexibility index (Phi) is 11.5. The molecule has 4 nitrogen and oxygen atoms in total. The Balaban J connectivity index is 3.60. The summed E-state index contributed by atoms with van der Waals surface area (Å²) in [7, 11) is 0.867. The molecule has 1 unspecified atom stereocenters. The molecule has 0 rings (SSSR count). The molecule has 0 spiro atoms. The standard InChI is InChI=1S/C11H24O4S/c1-4-14-11(15-5-2)7-10-16(12)9-6-8-13-3/h11H,4-10H2,1-3H3. The van der Waals surface area contributed by atoms with Crippen LogP contribution in [-0.4, -0.2) is 48.9 Å². The highest BCUT2D eigenvalue weighted by Gasteiger charge is 2.09. The van der Waals surface area contributed by atoms with E-state index < -0.39 is 10.8 Å². The molecule has 0 heterocycles. The van der Waals surface area contributed by atoms with Crippen LogP contribution in [-0.2, 0) is 25.0 Å². The van der Waals surface area contributed by atoms with Gasteiger partial charge >= 0.3 is 0 Å². The highest BCUT2D eigenvalue weighted by Crippen LogP contribution is 2.03. The van der Waals surface area contributed by atoms with Gasteiger partial charge in [0.05, 0.1) is 0 Å². The average Bonchev–Trinajstić information content (AvgIpc) is 2.27. The lowest BCUT2D eigenvalue weighted by molar-refractivity contribution is -0.136. The van der Waals surface area contributed by atoms with Gasteiger partial charge in [0.15, 0.2) is 6.29 Å². The monoisotopic (exact) mass is 252 g/mol. The van der Waals surface area contributed by atoms with E-state index in [4.69, 9.17) is 14.2 Å². The van der Waals surface area contributed by atoms with E-state index in [1.165, 1.54) is 0 Å². The van der Waals surface area contributed by atoms with Crippen LogP contribution in [0.1, 0.15) is 26.7 Å². The fourth-order valence-electron chi connectivity index (χ4n) is 1.28. The fourth-order valence-corrected chi connectivity index (χ4v) is 2.38. The van der Waals surface area contributed by atoms with Crippen molar-refractivity contribution in [1.82, 2.24) is 0 Å². The first-order chi connectivity index (χ1) is 7.74. The Morgan fingerprint density at radius 1 is 1.12 bits per heavy atom. The lowest BCUT2D eigenvalue weighted by Gasteiger charge is -2.16. The quantitative estimate of drug-likeness (QED) is 0.413. The van der Waals surface area contributed by atoms with E-state index in [-0.39, 0.29) is 6.29 Å². The number of rotatable bonds is 11. The van der Waals surface area contributed by atoms with Crippen molar-refractivity contribution in [2.45, 2.75) is 33.0 Å². The summed E-state index contributed by atoms with van der Waals surface area (Å²) in [5, 5.41) is 0. The number of ether oxygens (including phenoxy) is 3. The maximum Gasteiger partial charge on any atom is 0.158 e. The molecule has 98 valence electrons. The summed E-state index contributed by atoms with van der Waals surface area (Å²) in [5.74, 6) is 1.33. The summed E-state index contributed by atoms with van der Waals surface area (Å²) in [6.45, 7) is 5.79. The van der Waals surface area contributed by atoms with Gasteiger partial charge in [-0.3, -0.25) is 4.21 Å². The Labute approximate surface area is 101 Å². The zero-order valence-electron chi connectivity index (χ0n) is 10.6. The zero-order chi connectivity index (χ0) is 12.2. The first kappa shape index (κ1) is 16.0. The Morgan fingerprint density at radius 2 is 1.75 bits per heavy atom. The molecule has 0 aliphatic heterocycles. The SMILES string of the molecule is CCOC(CCS(=O)CCCOC)OCC. The van der Waals surface area contributed by atoms with Crippen LogP contribution in [0.5, 0.6) is 0 Å². The third kappa shape index (κ3) is 9.27. The van der Waals surface area contributed by atoms with Gasteiger partial charge < -0.3 is 14.2 Å². The summed E-state index contributed by atoms with van der Waals surface area (Å²) in [6.07, 6.45) is 1.33. The maximum atomic E-state index is 11.6. The molecule has 0 radical (unpaired) electrons. The molecule has 1 atom stereocenters. The molecule has 0 amide bonds. The van der Waals surface area contributed by atoms with Gasteiger partial charge in [0.25, 0.3) is 0 Å². The molecule has 0 saturated heterocycles. The maximum absolute atomic E-state index is 11.6. The Bertz CT molecular complexity index is 169. The van der Waals surface area contributed by atoms with E-state index in [2.05, 4.69) is 0 Å². The van der Waals surface area contributed by atoms with Crippen molar-refractivity contribution in [1.29, 1.82) is 0 Å². The minimum Gasteiger partial charge on any atom is -0.385 e. The molecule has 0 aromatic heterocycles. The first-order valence-electron chi connectivity index (χ1n) is 5.81. The number of hydrogen-bond donors (Lipinski definition) is 0. The second-order valence-corrected chi connectivity index (χ2v) is 5.02. The van der Waals surface area contributed by atoms with Crippen LogP contribution in [0.3, 0.4) is 0 Å². The van der Waals surface area contributed by atoms with Crippen molar-refractivity contribution in [3.63, 3.8) is 0 Å². The van der Waals surface area contributed by atoms with Gasteiger partial charge in [-0.2, -0.15) is 0 Å². The summed E-state index contributed by atoms with van der Waals surface area (Å²) >= 11 is 0. The highest BCUT2D eigenvalue weighted by atomic mass is 32.2. The van der Waals surface area contributed by atoms with Crippen LogP contribution >= 0.6 is 0 Å². The summed E-state index contributed by atoms with van der Waals surface area (Å²) < 4.78 is 27.2. The molecule has 0 bridgehead atoms. The van der Waals surface area contributed by atoms with Gasteiger partial charge in [0.2, 0.25) is 0 Å². The summed E-state index contributed by atoms with van der Waals surface area (Å²) in [4.78, 5) is 0. The molecule has 0 aromatic rings. The second kappa shape index (κ2) is 11.5. The van der Waals surface area contributed by atoms with E-state index in [0.29, 0.717) is 37.7 Å². The number of methoxy groups -OCH3 is 1. The van der Waals surface area contributed by atoms with E-state index in [0.717, 1.165) is 6.42 Å². The fraction of sp³-hybridized carbons (Fsp3) is 1.00. The second-order valence-electron chi connectivity index (χ2n) is 3.32. The Hall–Kier alpha value is 0.0300. The van der Waals surface area contributed by atoms with E-state index in [1.807, 2.05) is 13.8 Å². The first-order valence-corrected chi connectivity index (χ1v) is 7.30. The molecule has 0 aromatic carbocycles. The normalized spacial score (nSPS) is 13.2. The largest absolute Gasteiger partial charge is 0.385 e. The van der Waals surface area contributed by atoms with Gasteiger partial charge in [-0.15, -0.1) is 0 Å². The van der Waals surface area contributed by atoms with Crippen molar-refractivity contribution in [2.24, 2.45) is 0 Å². The average molecular weight is 252 g/mol. The van der Waals surface area contributed by atoms with Gasteiger partial charge in [-0.1, -0.05) is 0 Å². The molecule has 0 saturated carbocycles. The summed E-state index contributed by atoms with van der Waals surface area (Å²) in [6, 6.07) is 0. The zero-order valence-corrected chi connectivity index (χ0v) is 11.4. The van der Waals surface area contributed by atoms with Crippen molar-refractivity contribution in [2.75, 3.05) is 38.4 Å². The smallest absolute Gasteiger partial charge is 0.158 e. The van der Waals surface area contributed by atoms with Crippen molar-refractivity contribution in [3.8, 4) is 0 Å². The third-order valence-corrected chi connectivity index (χ3v) is 3.44. The van der Waals surface area contributed by atoms with Gasteiger partial charge in [0, 0.05) is 55.7 Å². The molecule has 0 aliphatic rings. The molecule has 5 heteroatoms. The Morgan fingerprint density at radius 3 is 2.25 bits per heavy atom. The highest BCUT2D eigenvalue weighted by molar-refractivity contribution is 7.84. The van der Waals surface area contributed by atoms with Crippen LogP contribution in [0.15, 0.2) is 0 Å². The van der Waals surface area contributed by atoms with Crippen LogP contribution < -0.4 is 0 Å². The van der Waals surface area contributed by atoms with Crippen LogP contribution in [0, 0.1) is 0 Å². The molecular formula is C11H24O4S. The van der Waals surface area contributed by atoms with Crippen LogP contribution in [0.4, 0.5) is 0 Å². The molecule has 0 aliphatic carbocycles. The summed E-state index contributed by atoms with van der Waals surface area (Å²) in [5.41, 5.74) is 0. The minimum atomic E-state index is -0.789. The van der Waals surface area contributed by atoms with Crippen molar-refractivity contribution < 1.29 is 18.4 Å². The minimum absolute atomic E-state index is 0.207.